The summed E-state index contributed by atoms with van der Waals surface area (Å²) in [7, 11) is 1.86. The zero-order valence-corrected chi connectivity index (χ0v) is 14.3. The number of nitrogens with zero attached hydrogens (tertiary/aromatic N) is 4. The van der Waals surface area contributed by atoms with Gasteiger partial charge in [0, 0.05) is 18.8 Å². The lowest BCUT2D eigenvalue weighted by Gasteiger charge is -2.13. The quantitative estimate of drug-likeness (QED) is 0.802. The van der Waals surface area contributed by atoms with E-state index in [0.717, 1.165) is 28.2 Å². The summed E-state index contributed by atoms with van der Waals surface area (Å²) >= 11 is 0. The largest absolute Gasteiger partial charge is 0.321 e. The van der Waals surface area contributed by atoms with Gasteiger partial charge < -0.3 is 5.32 Å². The summed E-state index contributed by atoms with van der Waals surface area (Å²) in [5.74, 6) is -0.114. The molecule has 0 radical (unpaired) electrons. The zero-order chi connectivity index (χ0) is 17.3. The van der Waals surface area contributed by atoms with Crippen LogP contribution in [0.4, 0.5) is 5.69 Å². The fraction of sp³-hybridized carbons (Fsp3) is 0.278. The molecular formula is C18H21N5O. The second kappa shape index (κ2) is 6.31. The Morgan fingerprint density at radius 1 is 1.17 bits per heavy atom. The van der Waals surface area contributed by atoms with Crippen LogP contribution in [0, 0.1) is 13.8 Å². The van der Waals surface area contributed by atoms with Crippen LogP contribution in [0.5, 0.6) is 0 Å². The summed E-state index contributed by atoms with van der Waals surface area (Å²) in [5, 5.41) is 11.6. The Balaban J connectivity index is 1.78. The summed E-state index contributed by atoms with van der Waals surface area (Å²) in [4.78, 5) is 12.6. The lowest BCUT2D eigenvalue weighted by Crippen LogP contribution is -2.24. The van der Waals surface area contributed by atoms with Crippen LogP contribution >= 0.6 is 0 Å². The molecule has 0 fully saturated rings. The van der Waals surface area contributed by atoms with Gasteiger partial charge in [-0.05, 0) is 26.3 Å². The fourth-order valence-corrected chi connectivity index (χ4v) is 2.63. The van der Waals surface area contributed by atoms with E-state index in [9.17, 15) is 4.79 Å². The molecule has 2 heterocycles. The van der Waals surface area contributed by atoms with Gasteiger partial charge in [0.05, 0.1) is 23.3 Å². The summed E-state index contributed by atoms with van der Waals surface area (Å²) in [6.45, 7) is 5.65. The van der Waals surface area contributed by atoms with E-state index in [-0.39, 0.29) is 5.91 Å². The third kappa shape index (κ3) is 2.95. The first-order valence-corrected chi connectivity index (χ1v) is 7.88. The Hall–Kier alpha value is -2.89. The number of amides is 1. The average molecular weight is 323 g/mol. The zero-order valence-electron chi connectivity index (χ0n) is 14.3. The molecule has 6 heteroatoms. The van der Waals surface area contributed by atoms with E-state index in [1.54, 1.807) is 15.6 Å². The molecule has 3 aromatic rings. The van der Waals surface area contributed by atoms with Gasteiger partial charge in [-0.1, -0.05) is 30.3 Å². The minimum atomic E-state index is -0.415. The summed E-state index contributed by atoms with van der Waals surface area (Å²) in [6.07, 6.45) is 3.67. The minimum Gasteiger partial charge on any atom is -0.321 e. The maximum Gasteiger partial charge on any atom is 0.249 e. The number of aromatic nitrogens is 4. The molecule has 1 atom stereocenters. The maximum absolute atomic E-state index is 12.6. The standard InChI is InChI=1S/C18H21N5O/c1-12-17(13(2)22(4)21-12)20-18(24)14(3)23-11-16(10-19-23)15-8-6-5-7-9-15/h5-11,14H,1-4H3,(H,20,24)/t14-/m1/s1. The van der Waals surface area contributed by atoms with E-state index in [0.29, 0.717) is 0 Å². The molecule has 0 aliphatic rings. The van der Waals surface area contributed by atoms with E-state index in [4.69, 9.17) is 0 Å². The summed E-state index contributed by atoms with van der Waals surface area (Å²) < 4.78 is 3.44. The van der Waals surface area contributed by atoms with Crippen molar-refractivity contribution >= 4 is 11.6 Å². The Morgan fingerprint density at radius 2 is 1.88 bits per heavy atom. The Labute approximate surface area is 141 Å². The SMILES string of the molecule is Cc1nn(C)c(C)c1NC(=O)[C@@H](C)n1cc(-c2ccccc2)cn1. The lowest BCUT2D eigenvalue weighted by molar-refractivity contribution is -0.119. The highest BCUT2D eigenvalue weighted by Gasteiger charge is 2.19. The van der Waals surface area contributed by atoms with Crippen molar-refractivity contribution in [3.05, 3.63) is 54.1 Å². The van der Waals surface area contributed by atoms with Crippen molar-refractivity contribution in [2.24, 2.45) is 7.05 Å². The molecule has 0 aliphatic carbocycles. The smallest absolute Gasteiger partial charge is 0.249 e. The molecule has 24 heavy (non-hydrogen) atoms. The third-order valence-corrected chi connectivity index (χ3v) is 4.24. The number of anilines is 1. The van der Waals surface area contributed by atoms with Crippen LogP contribution in [0.25, 0.3) is 11.1 Å². The van der Waals surface area contributed by atoms with Crippen molar-refractivity contribution in [3.8, 4) is 11.1 Å². The minimum absolute atomic E-state index is 0.114. The first-order chi connectivity index (χ1) is 11.5. The number of hydrogen-bond acceptors (Lipinski definition) is 3. The molecule has 0 saturated heterocycles. The second-order valence-corrected chi connectivity index (χ2v) is 5.91. The van der Waals surface area contributed by atoms with Crippen LogP contribution in [-0.2, 0) is 11.8 Å². The molecule has 124 valence electrons. The third-order valence-electron chi connectivity index (χ3n) is 4.24. The van der Waals surface area contributed by atoms with Crippen molar-refractivity contribution in [1.82, 2.24) is 19.6 Å². The van der Waals surface area contributed by atoms with Gasteiger partial charge in [0.25, 0.3) is 0 Å². The highest BCUT2D eigenvalue weighted by Crippen LogP contribution is 2.22. The highest BCUT2D eigenvalue weighted by molar-refractivity contribution is 5.94. The fourth-order valence-electron chi connectivity index (χ4n) is 2.63. The van der Waals surface area contributed by atoms with Crippen molar-refractivity contribution < 1.29 is 4.79 Å². The molecule has 3 rings (SSSR count). The maximum atomic E-state index is 12.6. The number of hydrogen-bond donors (Lipinski definition) is 1. The van der Waals surface area contributed by atoms with Crippen molar-refractivity contribution in [2.75, 3.05) is 5.32 Å². The van der Waals surface area contributed by atoms with Gasteiger partial charge in [-0.3, -0.25) is 14.2 Å². The molecule has 0 unspecified atom stereocenters. The van der Waals surface area contributed by atoms with E-state index in [1.165, 1.54) is 0 Å². The molecule has 1 N–H and O–H groups in total. The summed E-state index contributed by atoms with van der Waals surface area (Å²) in [6, 6.07) is 9.57. The van der Waals surface area contributed by atoms with Gasteiger partial charge in [0.2, 0.25) is 5.91 Å². The average Bonchev–Trinajstić information content (AvgIpc) is 3.16. The molecule has 0 aliphatic heterocycles. The topological polar surface area (TPSA) is 64.7 Å². The van der Waals surface area contributed by atoms with Crippen molar-refractivity contribution in [1.29, 1.82) is 0 Å². The van der Waals surface area contributed by atoms with Crippen LogP contribution in [0.2, 0.25) is 0 Å². The van der Waals surface area contributed by atoms with Crippen LogP contribution < -0.4 is 5.32 Å². The number of nitrogens with one attached hydrogen (secondary N) is 1. The van der Waals surface area contributed by atoms with Crippen molar-refractivity contribution in [2.45, 2.75) is 26.8 Å². The Kier molecular flexibility index (Phi) is 4.20. The van der Waals surface area contributed by atoms with Gasteiger partial charge in [-0.2, -0.15) is 10.2 Å². The molecule has 1 amide bonds. The van der Waals surface area contributed by atoms with Gasteiger partial charge >= 0.3 is 0 Å². The molecule has 0 bridgehead atoms. The van der Waals surface area contributed by atoms with Crippen LogP contribution in [-0.4, -0.2) is 25.5 Å². The number of benzene rings is 1. The predicted octanol–water partition coefficient (Wildman–Crippen LogP) is 3.10. The number of aryl methyl sites for hydroxylation is 2. The molecule has 2 aromatic heterocycles. The van der Waals surface area contributed by atoms with E-state index < -0.39 is 6.04 Å². The molecule has 0 spiro atoms. The van der Waals surface area contributed by atoms with Gasteiger partial charge in [-0.15, -0.1) is 0 Å². The van der Waals surface area contributed by atoms with E-state index >= 15 is 0 Å². The normalized spacial score (nSPS) is 12.2. The van der Waals surface area contributed by atoms with Crippen LogP contribution in [0.15, 0.2) is 42.7 Å². The van der Waals surface area contributed by atoms with Crippen LogP contribution in [0.3, 0.4) is 0 Å². The molecule has 6 nitrogen and oxygen atoms in total. The molecule has 0 saturated carbocycles. The second-order valence-electron chi connectivity index (χ2n) is 5.91. The number of carbonyl (C=O) groups is 1. The van der Waals surface area contributed by atoms with Gasteiger partial charge in [-0.25, -0.2) is 0 Å². The van der Waals surface area contributed by atoms with E-state index in [1.807, 2.05) is 64.3 Å². The highest BCUT2D eigenvalue weighted by atomic mass is 16.2. The predicted molar refractivity (Wildman–Crippen MR) is 93.7 cm³/mol. The van der Waals surface area contributed by atoms with E-state index in [2.05, 4.69) is 15.5 Å². The number of rotatable bonds is 4. The number of carbonyl (C=O) groups excluding carboxylic acids is 1. The lowest BCUT2D eigenvalue weighted by atomic mass is 10.1. The monoisotopic (exact) mass is 323 g/mol. The first-order valence-electron chi connectivity index (χ1n) is 7.88. The van der Waals surface area contributed by atoms with Gasteiger partial charge in [0.15, 0.2) is 0 Å². The molecule has 1 aromatic carbocycles. The Morgan fingerprint density at radius 3 is 2.50 bits per heavy atom. The van der Waals surface area contributed by atoms with Crippen LogP contribution in [0.1, 0.15) is 24.4 Å². The molecular weight excluding hydrogens is 302 g/mol. The first kappa shape index (κ1) is 16.0. The van der Waals surface area contributed by atoms with Gasteiger partial charge in [0.1, 0.15) is 6.04 Å². The van der Waals surface area contributed by atoms with Crippen molar-refractivity contribution in [3.63, 3.8) is 0 Å². The Bertz CT molecular complexity index is 863. The summed E-state index contributed by atoms with van der Waals surface area (Å²) in [5.41, 5.74) is 4.57.